The molecule has 0 aromatic carbocycles. The van der Waals surface area contributed by atoms with Crippen molar-refractivity contribution < 1.29 is 32.8 Å². The van der Waals surface area contributed by atoms with Crippen LogP contribution in [-0.4, -0.2) is 49.9 Å². The molecule has 0 saturated heterocycles. The van der Waals surface area contributed by atoms with Crippen molar-refractivity contribution in [3.8, 4) is 0 Å². The van der Waals surface area contributed by atoms with Crippen LogP contribution in [0.3, 0.4) is 0 Å². The SMILES string of the molecule is CC/C=C\C/C=C\C/C=C\C/C=C\C/C=C\CC(=O)OC(COCCCCCCCCCCCCC)COP(=O)(O)OCCN. The third kappa shape index (κ3) is 33.4. The molecule has 45 heavy (non-hydrogen) atoms. The monoisotopic (exact) mass is 653 g/mol. The maximum absolute atomic E-state index is 12.4. The zero-order valence-corrected chi connectivity index (χ0v) is 29.2. The molecule has 0 spiro atoms. The minimum Gasteiger partial charge on any atom is -0.457 e. The van der Waals surface area contributed by atoms with Crippen LogP contribution in [0.1, 0.15) is 123 Å². The molecule has 0 fully saturated rings. The van der Waals surface area contributed by atoms with Gasteiger partial charge in [-0.15, -0.1) is 0 Å². The predicted molar refractivity (Wildman–Crippen MR) is 187 cm³/mol. The lowest BCUT2D eigenvalue weighted by molar-refractivity contribution is -0.153. The Labute approximate surface area is 274 Å². The van der Waals surface area contributed by atoms with Gasteiger partial charge in [0.15, 0.2) is 0 Å². The smallest absolute Gasteiger partial charge is 0.457 e. The van der Waals surface area contributed by atoms with Gasteiger partial charge in [-0.3, -0.25) is 13.8 Å². The molecule has 0 bridgehead atoms. The van der Waals surface area contributed by atoms with Gasteiger partial charge in [-0.05, 0) is 38.5 Å². The van der Waals surface area contributed by atoms with Crippen molar-refractivity contribution in [1.82, 2.24) is 0 Å². The molecule has 0 radical (unpaired) electrons. The van der Waals surface area contributed by atoms with Crippen molar-refractivity contribution in [2.45, 2.75) is 129 Å². The van der Waals surface area contributed by atoms with Crippen LogP contribution >= 0.6 is 7.82 Å². The Morgan fingerprint density at radius 2 is 1.16 bits per heavy atom. The number of allylic oxidation sites excluding steroid dienone is 9. The predicted octanol–water partition coefficient (Wildman–Crippen LogP) is 9.46. The number of ether oxygens (including phenoxy) is 2. The van der Waals surface area contributed by atoms with Crippen LogP contribution in [0.4, 0.5) is 0 Å². The topological polar surface area (TPSA) is 117 Å². The van der Waals surface area contributed by atoms with Crippen LogP contribution in [0.2, 0.25) is 0 Å². The van der Waals surface area contributed by atoms with Crippen LogP contribution in [0.5, 0.6) is 0 Å². The Morgan fingerprint density at radius 3 is 1.67 bits per heavy atom. The lowest BCUT2D eigenvalue weighted by atomic mass is 10.1. The van der Waals surface area contributed by atoms with Crippen molar-refractivity contribution in [2.75, 3.05) is 33.0 Å². The van der Waals surface area contributed by atoms with E-state index in [2.05, 4.69) is 62.5 Å². The van der Waals surface area contributed by atoms with E-state index in [0.717, 1.165) is 38.5 Å². The maximum atomic E-state index is 12.4. The normalized spacial score (nSPS) is 14.5. The third-order valence-corrected chi connectivity index (χ3v) is 7.72. The summed E-state index contributed by atoms with van der Waals surface area (Å²) in [6.45, 7) is 4.64. The molecule has 260 valence electrons. The van der Waals surface area contributed by atoms with E-state index in [1.54, 1.807) is 6.08 Å². The van der Waals surface area contributed by atoms with Crippen molar-refractivity contribution in [3.63, 3.8) is 0 Å². The fourth-order valence-corrected chi connectivity index (χ4v) is 5.01. The van der Waals surface area contributed by atoms with Gasteiger partial charge in [0.1, 0.15) is 6.10 Å². The van der Waals surface area contributed by atoms with Crippen LogP contribution < -0.4 is 5.73 Å². The fraction of sp³-hybridized carbons (Fsp3) is 0.694. The summed E-state index contributed by atoms with van der Waals surface area (Å²) in [5.74, 6) is -0.459. The Balaban J connectivity index is 4.31. The number of esters is 1. The number of hydrogen-bond acceptors (Lipinski definition) is 7. The summed E-state index contributed by atoms with van der Waals surface area (Å²) in [7, 11) is -4.29. The molecule has 0 heterocycles. The first kappa shape index (κ1) is 43.2. The molecule has 2 atom stereocenters. The van der Waals surface area contributed by atoms with Crippen molar-refractivity contribution in [2.24, 2.45) is 5.73 Å². The lowest BCUT2D eigenvalue weighted by Gasteiger charge is -2.19. The molecule has 2 unspecified atom stereocenters. The average Bonchev–Trinajstić information content (AvgIpc) is 3.02. The quantitative estimate of drug-likeness (QED) is 0.0319. The summed E-state index contributed by atoms with van der Waals surface area (Å²) in [5, 5.41) is 0. The number of nitrogens with two attached hydrogens (primary N) is 1. The van der Waals surface area contributed by atoms with Gasteiger partial charge in [-0.2, -0.15) is 0 Å². The summed E-state index contributed by atoms with van der Waals surface area (Å²) < 4.78 is 33.0. The maximum Gasteiger partial charge on any atom is 0.472 e. The lowest BCUT2D eigenvalue weighted by Crippen LogP contribution is -2.28. The summed E-state index contributed by atoms with van der Waals surface area (Å²) in [4.78, 5) is 22.2. The van der Waals surface area contributed by atoms with Crippen molar-refractivity contribution in [3.05, 3.63) is 60.8 Å². The van der Waals surface area contributed by atoms with Gasteiger partial charge < -0.3 is 20.1 Å². The molecule has 0 aliphatic heterocycles. The molecule has 0 aliphatic rings. The van der Waals surface area contributed by atoms with E-state index in [4.69, 9.17) is 24.3 Å². The number of carbonyl (C=O) groups is 1. The van der Waals surface area contributed by atoms with Gasteiger partial charge >= 0.3 is 13.8 Å². The number of phosphoric ester groups is 1. The van der Waals surface area contributed by atoms with Gasteiger partial charge in [0, 0.05) is 13.2 Å². The number of phosphoric acid groups is 1. The molecule has 0 saturated carbocycles. The van der Waals surface area contributed by atoms with Gasteiger partial charge in [-0.1, -0.05) is 139 Å². The van der Waals surface area contributed by atoms with Crippen LogP contribution in [0.15, 0.2) is 60.8 Å². The standard InChI is InChI=1S/C36H64NO7P/c1-3-5-7-9-11-13-15-16-17-18-19-21-23-25-27-29-36(38)44-35(34-43-45(39,40)42-32-30-37)33-41-31-28-26-24-22-20-14-12-10-8-6-4-2/h5,7,11,13,16-17,19,21,25,27,35H,3-4,6,8-10,12,14-15,18,20,22-24,26,28-34,37H2,1-2H3,(H,39,40)/b7-5-,13-11-,17-16-,21-19-,27-25-. The molecule has 0 aromatic rings. The molecule has 0 rings (SSSR count). The van der Waals surface area contributed by atoms with Gasteiger partial charge in [0.05, 0.1) is 26.2 Å². The molecule has 0 amide bonds. The van der Waals surface area contributed by atoms with Crippen LogP contribution in [-0.2, 0) is 27.9 Å². The largest absolute Gasteiger partial charge is 0.472 e. The highest BCUT2D eigenvalue weighted by atomic mass is 31.2. The molecular formula is C36H64NO7P. The molecule has 3 N–H and O–H groups in total. The molecular weight excluding hydrogens is 589 g/mol. The van der Waals surface area contributed by atoms with Crippen LogP contribution in [0.25, 0.3) is 0 Å². The summed E-state index contributed by atoms with van der Waals surface area (Å²) in [5.41, 5.74) is 5.33. The number of carbonyl (C=O) groups excluding carboxylic acids is 1. The highest BCUT2D eigenvalue weighted by Crippen LogP contribution is 2.43. The van der Waals surface area contributed by atoms with Gasteiger partial charge in [0.25, 0.3) is 0 Å². The second-order valence-electron chi connectivity index (χ2n) is 11.0. The molecule has 9 heteroatoms. The second kappa shape index (κ2) is 33.6. The number of rotatable bonds is 32. The third-order valence-electron chi connectivity index (χ3n) is 6.73. The van der Waals surface area contributed by atoms with E-state index in [1.807, 2.05) is 6.08 Å². The highest BCUT2D eigenvalue weighted by molar-refractivity contribution is 7.47. The van der Waals surface area contributed by atoms with Gasteiger partial charge in [-0.25, -0.2) is 4.57 Å². The number of unbranched alkanes of at least 4 members (excludes halogenated alkanes) is 10. The summed E-state index contributed by atoms with van der Waals surface area (Å²) in [6.07, 6.45) is 38.3. The van der Waals surface area contributed by atoms with E-state index in [0.29, 0.717) is 13.0 Å². The zero-order valence-electron chi connectivity index (χ0n) is 28.3. The van der Waals surface area contributed by atoms with Gasteiger partial charge in [0.2, 0.25) is 0 Å². The van der Waals surface area contributed by atoms with Crippen molar-refractivity contribution >= 4 is 13.8 Å². The molecule has 8 nitrogen and oxygen atoms in total. The van der Waals surface area contributed by atoms with E-state index in [1.165, 1.54) is 57.8 Å². The molecule has 0 aliphatic carbocycles. The van der Waals surface area contributed by atoms with Crippen LogP contribution in [0, 0.1) is 0 Å². The van der Waals surface area contributed by atoms with E-state index < -0.39 is 19.9 Å². The summed E-state index contributed by atoms with van der Waals surface area (Å²) in [6, 6.07) is 0. The van der Waals surface area contributed by atoms with E-state index in [-0.39, 0.29) is 32.8 Å². The Hall–Kier alpha value is -1.80. The molecule has 0 aromatic heterocycles. The first-order valence-electron chi connectivity index (χ1n) is 17.3. The Kier molecular flexibility index (Phi) is 32.2. The first-order chi connectivity index (χ1) is 21.9. The Bertz CT molecular complexity index is 869. The van der Waals surface area contributed by atoms with E-state index in [9.17, 15) is 14.3 Å². The minimum absolute atomic E-state index is 0.0755. The fourth-order valence-electron chi connectivity index (χ4n) is 4.25. The minimum atomic E-state index is -4.29. The second-order valence-corrected chi connectivity index (χ2v) is 12.5. The van der Waals surface area contributed by atoms with E-state index >= 15 is 0 Å². The zero-order chi connectivity index (χ0) is 33.1. The van der Waals surface area contributed by atoms with Crippen molar-refractivity contribution in [1.29, 1.82) is 0 Å². The summed E-state index contributed by atoms with van der Waals surface area (Å²) >= 11 is 0. The first-order valence-corrected chi connectivity index (χ1v) is 18.8. The highest BCUT2D eigenvalue weighted by Gasteiger charge is 2.25. The Morgan fingerprint density at radius 1 is 0.667 bits per heavy atom. The average molecular weight is 654 g/mol. The number of hydrogen-bond donors (Lipinski definition) is 2.